The normalized spacial score (nSPS) is 11.5. The zero-order chi connectivity index (χ0) is 23.5. The lowest BCUT2D eigenvalue weighted by molar-refractivity contribution is -0.137. The number of benzene rings is 2. The highest BCUT2D eigenvalue weighted by atomic mass is 32.1. The molecule has 0 aliphatic rings. The Labute approximate surface area is 186 Å². The van der Waals surface area contributed by atoms with E-state index in [0.717, 1.165) is 17.7 Å². The van der Waals surface area contributed by atoms with Crippen LogP contribution < -0.4 is 15.4 Å². The van der Waals surface area contributed by atoms with Crippen LogP contribution in [0.3, 0.4) is 0 Å². The Balaban J connectivity index is 1.70. The third kappa shape index (κ3) is 6.16. The molecule has 170 valence electrons. The lowest BCUT2D eigenvalue weighted by atomic mass is 10.1. The van der Waals surface area contributed by atoms with Gasteiger partial charge in [-0.2, -0.15) is 27.1 Å². The lowest BCUT2D eigenvalue weighted by Gasteiger charge is -2.14. The highest BCUT2D eigenvalue weighted by molar-refractivity contribution is 7.80. The van der Waals surface area contributed by atoms with Gasteiger partial charge in [-0.15, -0.1) is 0 Å². The van der Waals surface area contributed by atoms with E-state index >= 15 is 0 Å². The van der Waals surface area contributed by atoms with Crippen molar-refractivity contribution < 1.29 is 26.7 Å². The SMILES string of the molecule is Cc1ccc(NC(=S)Nc2cc(C)n(Cc3cccc(C(F)(F)F)c3)n2)c(OC(F)F)c1. The maximum atomic E-state index is 12.9. The van der Waals surface area contributed by atoms with Crippen LogP contribution in [0.2, 0.25) is 0 Å². The molecule has 0 spiro atoms. The number of alkyl halides is 5. The van der Waals surface area contributed by atoms with Gasteiger partial charge in [0.2, 0.25) is 0 Å². The predicted molar refractivity (Wildman–Crippen MR) is 115 cm³/mol. The Bertz CT molecular complexity index is 1110. The van der Waals surface area contributed by atoms with Crippen molar-refractivity contribution in [1.29, 1.82) is 0 Å². The van der Waals surface area contributed by atoms with Crippen LogP contribution in [0, 0.1) is 13.8 Å². The van der Waals surface area contributed by atoms with Gasteiger partial charge in [-0.25, -0.2) is 0 Å². The van der Waals surface area contributed by atoms with Crippen LogP contribution in [-0.2, 0) is 12.7 Å². The van der Waals surface area contributed by atoms with Crippen LogP contribution in [0.25, 0.3) is 0 Å². The first kappa shape index (κ1) is 23.5. The molecule has 5 nitrogen and oxygen atoms in total. The number of hydrogen-bond donors (Lipinski definition) is 2. The maximum Gasteiger partial charge on any atom is 0.416 e. The fraction of sp³-hybridized carbons (Fsp3) is 0.238. The second kappa shape index (κ2) is 9.51. The molecule has 11 heteroatoms. The van der Waals surface area contributed by atoms with Crippen molar-refractivity contribution in [2.24, 2.45) is 0 Å². The van der Waals surface area contributed by atoms with Gasteiger partial charge >= 0.3 is 12.8 Å². The van der Waals surface area contributed by atoms with Crippen LogP contribution in [0.4, 0.5) is 33.5 Å². The van der Waals surface area contributed by atoms with Gasteiger partial charge in [0.05, 0.1) is 17.8 Å². The summed E-state index contributed by atoms with van der Waals surface area (Å²) < 4.78 is 70.1. The first-order valence-electron chi connectivity index (χ1n) is 9.35. The predicted octanol–water partition coefficient (Wildman–Crippen LogP) is 5.98. The molecule has 3 aromatic rings. The van der Waals surface area contributed by atoms with Crippen LogP contribution in [0.15, 0.2) is 48.5 Å². The summed E-state index contributed by atoms with van der Waals surface area (Å²) in [5.41, 5.74) is 1.36. The number of nitrogens with zero attached hydrogens (tertiary/aromatic N) is 2. The Hall–Kier alpha value is -3.21. The summed E-state index contributed by atoms with van der Waals surface area (Å²) in [4.78, 5) is 0. The van der Waals surface area contributed by atoms with Crippen LogP contribution >= 0.6 is 12.2 Å². The summed E-state index contributed by atoms with van der Waals surface area (Å²) in [6.45, 7) is 0.616. The van der Waals surface area contributed by atoms with Gasteiger partial charge in [0.15, 0.2) is 10.9 Å². The van der Waals surface area contributed by atoms with E-state index in [1.165, 1.54) is 16.8 Å². The minimum atomic E-state index is -4.43. The summed E-state index contributed by atoms with van der Waals surface area (Å²) >= 11 is 5.22. The van der Waals surface area contributed by atoms with Crippen LogP contribution in [-0.4, -0.2) is 21.5 Å². The van der Waals surface area contributed by atoms with Crippen LogP contribution in [0.1, 0.15) is 22.4 Å². The topological polar surface area (TPSA) is 51.1 Å². The van der Waals surface area contributed by atoms with Crippen molar-refractivity contribution in [3.63, 3.8) is 0 Å². The van der Waals surface area contributed by atoms with Gasteiger partial charge in [0.25, 0.3) is 0 Å². The smallest absolute Gasteiger partial charge is 0.416 e. The summed E-state index contributed by atoms with van der Waals surface area (Å²) in [6.07, 6.45) is -4.43. The number of rotatable bonds is 6. The van der Waals surface area contributed by atoms with Crippen molar-refractivity contribution >= 4 is 28.8 Å². The fourth-order valence-corrected chi connectivity index (χ4v) is 3.16. The minimum absolute atomic E-state index is 0.0598. The molecule has 1 aromatic heterocycles. The summed E-state index contributed by atoms with van der Waals surface area (Å²) in [5, 5.41) is 10.0. The van der Waals surface area contributed by atoms with E-state index in [1.54, 1.807) is 38.1 Å². The standard InChI is InChI=1S/C21H19F5N4OS/c1-12-6-7-16(17(8-12)31-19(22)23)27-20(32)28-18-9-13(2)30(29-18)11-14-4-3-5-15(10-14)21(24,25)26/h3-10,19H,11H2,1-2H3,(H2,27,28,29,32). The number of ether oxygens (including phenoxy) is 1. The molecular weight excluding hydrogens is 451 g/mol. The van der Waals surface area contributed by atoms with Gasteiger partial charge < -0.3 is 15.4 Å². The van der Waals surface area contributed by atoms with Crippen molar-refractivity contribution in [1.82, 2.24) is 9.78 Å². The number of anilines is 2. The number of halogens is 5. The van der Waals surface area contributed by atoms with E-state index in [4.69, 9.17) is 12.2 Å². The Morgan fingerprint density at radius 2 is 1.84 bits per heavy atom. The number of thiocarbonyl (C=S) groups is 1. The number of hydrogen-bond acceptors (Lipinski definition) is 3. The third-order valence-electron chi connectivity index (χ3n) is 4.41. The summed E-state index contributed by atoms with van der Waals surface area (Å²) in [5.74, 6) is 0.283. The molecule has 0 fully saturated rings. The Kier molecular flexibility index (Phi) is 6.97. The fourth-order valence-electron chi connectivity index (χ4n) is 2.95. The van der Waals surface area contributed by atoms with E-state index < -0.39 is 18.4 Å². The highest BCUT2D eigenvalue weighted by Gasteiger charge is 2.30. The Morgan fingerprint density at radius 3 is 2.53 bits per heavy atom. The summed E-state index contributed by atoms with van der Waals surface area (Å²) in [7, 11) is 0. The molecule has 0 saturated carbocycles. The highest BCUT2D eigenvalue weighted by Crippen LogP contribution is 2.30. The van der Waals surface area contributed by atoms with Crippen molar-refractivity contribution in [2.45, 2.75) is 33.2 Å². The Morgan fingerprint density at radius 1 is 1.09 bits per heavy atom. The molecule has 1 heterocycles. The molecule has 0 aliphatic heterocycles. The number of aromatic nitrogens is 2. The van der Waals surface area contributed by atoms with E-state index in [1.807, 2.05) is 0 Å². The molecule has 0 amide bonds. The van der Waals surface area contributed by atoms with E-state index in [-0.39, 0.29) is 23.1 Å². The molecule has 0 atom stereocenters. The quantitative estimate of drug-likeness (QED) is 0.343. The van der Waals surface area contributed by atoms with Gasteiger partial charge in [0.1, 0.15) is 5.75 Å². The molecule has 0 bridgehead atoms. The monoisotopic (exact) mass is 470 g/mol. The van der Waals surface area contributed by atoms with Gasteiger partial charge in [-0.05, 0) is 61.5 Å². The average molecular weight is 470 g/mol. The largest absolute Gasteiger partial charge is 0.433 e. The third-order valence-corrected chi connectivity index (χ3v) is 4.61. The van der Waals surface area contributed by atoms with Gasteiger partial charge in [-0.1, -0.05) is 18.2 Å². The number of aryl methyl sites for hydroxylation is 2. The molecule has 2 N–H and O–H groups in total. The molecule has 3 rings (SSSR count). The van der Waals surface area contributed by atoms with Gasteiger partial charge in [0, 0.05) is 11.8 Å². The zero-order valence-electron chi connectivity index (χ0n) is 17.0. The molecular formula is C21H19F5N4OS. The molecule has 0 saturated heterocycles. The van der Waals surface area contributed by atoms with Crippen LogP contribution in [0.5, 0.6) is 5.75 Å². The van der Waals surface area contributed by atoms with E-state index in [0.29, 0.717) is 17.1 Å². The number of nitrogens with one attached hydrogen (secondary N) is 2. The first-order chi connectivity index (χ1) is 15.0. The maximum absolute atomic E-state index is 12.9. The lowest BCUT2D eigenvalue weighted by Crippen LogP contribution is -2.20. The molecule has 0 unspecified atom stereocenters. The van der Waals surface area contributed by atoms with E-state index in [2.05, 4.69) is 20.5 Å². The minimum Gasteiger partial charge on any atom is -0.433 e. The molecule has 2 aromatic carbocycles. The van der Waals surface area contributed by atoms with Gasteiger partial charge in [-0.3, -0.25) is 4.68 Å². The molecule has 0 radical (unpaired) electrons. The van der Waals surface area contributed by atoms with Crippen molar-refractivity contribution in [2.75, 3.05) is 10.6 Å². The zero-order valence-corrected chi connectivity index (χ0v) is 17.8. The second-order valence-corrected chi connectivity index (χ2v) is 7.39. The molecule has 32 heavy (non-hydrogen) atoms. The van der Waals surface area contributed by atoms with E-state index in [9.17, 15) is 22.0 Å². The second-order valence-electron chi connectivity index (χ2n) is 6.98. The first-order valence-corrected chi connectivity index (χ1v) is 9.76. The van der Waals surface area contributed by atoms with Crippen molar-refractivity contribution in [3.8, 4) is 5.75 Å². The van der Waals surface area contributed by atoms with Crippen molar-refractivity contribution in [3.05, 3.63) is 70.9 Å². The average Bonchev–Trinajstić information content (AvgIpc) is 3.01. The molecule has 0 aliphatic carbocycles. The summed E-state index contributed by atoms with van der Waals surface area (Å²) in [6, 6.07) is 11.4.